The summed E-state index contributed by atoms with van der Waals surface area (Å²) in [6, 6.07) is 0. The second-order valence-corrected chi connectivity index (χ2v) is 6.86. The van der Waals surface area contributed by atoms with Gasteiger partial charge in [0.05, 0.1) is 11.9 Å². The third-order valence-corrected chi connectivity index (χ3v) is 4.75. The van der Waals surface area contributed by atoms with E-state index in [4.69, 9.17) is 0 Å². The average Bonchev–Trinajstić information content (AvgIpc) is 2.58. The van der Waals surface area contributed by atoms with Gasteiger partial charge in [-0.15, -0.1) is 0 Å². The first-order valence-corrected chi connectivity index (χ1v) is 9.70. The number of aromatic hydroxyl groups is 2. The van der Waals surface area contributed by atoms with Crippen molar-refractivity contribution >= 4 is 0 Å². The Morgan fingerprint density at radius 1 is 0.833 bits per heavy atom. The summed E-state index contributed by atoms with van der Waals surface area (Å²) in [5.41, 5.74) is -0.153. The molecule has 0 bridgehead atoms. The van der Waals surface area contributed by atoms with Crippen molar-refractivity contribution in [1.82, 2.24) is 4.57 Å². The largest absolute Gasteiger partial charge is 0.503 e. The molecule has 1 heterocycles. The van der Waals surface area contributed by atoms with Crippen LogP contribution in [0.3, 0.4) is 0 Å². The molecule has 1 aromatic rings. The average molecular weight is 338 g/mol. The van der Waals surface area contributed by atoms with E-state index < -0.39 is 5.43 Å². The fourth-order valence-electron chi connectivity index (χ4n) is 3.08. The Hall–Kier alpha value is -1.45. The molecule has 138 valence electrons. The fraction of sp³-hybridized carbons (Fsp3) is 0.750. The first-order chi connectivity index (χ1) is 11.6. The van der Waals surface area contributed by atoms with Crippen molar-refractivity contribution in [3.8, 4) is 11.5 Å². The van der Waals surface area contributed by atoms with Gasteiger partial charge in [0.1, 0.15) is 0 Å². The van der Waals surface area contributed by atoms with Crippen LogP contribution in [0.5, 0.6) is 11.5 Å². The van der Waals surface area contributed by atoms with Crippen molar-refractivity contribution in [2.24, 2.45) is 0 Å². The Labute approximate surface area is 146 Å². The van der Waals surface area contributed by atoms with Gasteiger partial charge in [-0.25, -0.2) is 0 Å². The molecule has 0 atom stereocenters. The molecule has 4 heteroatoms. The smallest absolute Gasteiger partial charge is 0.264 e. The molecule has 0 saturated heterocycles. The minimum atomic E-state index is -0.682. The number of pyridine rings is 1. The summed E-state index contributed by atoms with van der Waals surface area (Å²) < 4.78 is 1.77. The topological polar surface area (TPSA) is 62.5 Å². The lowest BCUT2D eigenvalue weighted by Crippen LogP contribution is -2.11. The van der Waals surface area contributed by atoms with E-state index in [0.29, 0.717) is 5.69 Å². The van der Waals surface area contributed by atoms with E-state index in [1.807, 2.05) is 0 Å². The lowest BCUT2D eigenvalue weighted by atomic mass is 10.1. The van der Waals surface area contributed by atoms with Gasteiger partial charge in [-0.1, -0.05) is 77.6 Å². The summed E-state index contributed by atoms with van der Waals surface area (Å²) in [6.45, 7) is 4.69. The molecule has 0 saturated carbocycles. The second kappa shape index (κ2) is 12.0. The molecule has 1 aromatic heterocycles. The minimum Gasteiger partial charge on any atom is -0.503 e. The highest BCUT2D eigenvalue weighted by atomic mass is 16.3. The molecule has 0 aliphatic carbocycles. The number of hydrogen-bond donors (Lipinski definition) is 2. The summed E-state index contributed by atoms with van der Waals surface area (Å²) in [5.74, 6) is -0.717. The number of aryl methyl sites for hydroxylation is 1. The van der Waals surface area contributed by atoms with Crippen LogP contribution in [-0.2, 0) is 6.54 Å². The highest BCUT2D eigenvalue weighted by Gasteiger charge is 2.10. The van der Waals surface area contributed by atoms with Crippen LogP contribution >= 0.6 is 0 Å². The summed E-state index contributed by atoms with van der Waals surface area (Å²) in [5, 5.41) is 19.2. The molecular formula is C20H35NO3. The number of aromatic nitrogens is 1. The van der Waals surface area contributed by atoms with Crippen molar-refractivity contribution in [1.29, 1.82) is 0 Å². The van der Waals surface area contributed by atoms with Crippen molar-refractivity contribution in [3.05, 3.63) is 22.1 Å². The molecule has 0 spiro atoms. The van der Waals surface area contributed by atoms with Crippen LogP contribution in [0.1, 0.15) is 89.7 Å². The monoisotopic (exact) mass is 337 g/mol. The molecule has 24 heavy (non-hydrogen) atoms. The van der Waals surface area contributed by atoms with E-state index in [2.05, 4.69) is 6.92 Å². The van der Waals surface area contributed by atoms with Crippen LogP contribution in [0.4, 0.5) is 0 Å². The Bertz CT molecular complexity index is 522. The molecule has 0 aliphatic heterocycles. The maximum absolute atomic E-state index is 11.4. The summed E-state index contributed by atoms with van der Waals surface area (Å²) >= 11 is 0. The zero-order chi connectivity index (χ0) is 17.8. The van der Waals surface area contributed by atoms with Gasteiger partial charge in [0.15, 0.2) is 11.5 Å². The van der Waals surface area contributed by atoms with Crippen molar-refractivity contribution in [2.45, 2.75) is 97.4 Å². The standard InChI is InChI=1S/C20H35NO3/c1-3-4-5-6-7-8-9-10-11-12-13-14-15-21-16-18(22)20(24)19(23)17(21)2/h16,22-23H,3-15H2,1-2H3. The second-order valence-electron chi connectivity index (χ2n) is 6.86. The quantitative estimate of drug-likeness (QED) is 0.482. The molecule has 2 N–H and O–H groups in total. The van der Waals surface area contributed by atoms with Crippen LogP contribution in [0, 0.1) is 6.92 Å². The van der Waals surface area contributed by atoms with Gasteiger partial charge in [-0.2, -0.15) is 0 Å². The Morgan fingerprint density at radius 2 is 1.29 bits per heavy atom. The summed E-state index contributed by atoms with van der Waals surface area (Å²) in [6.07, 6.45) is 17.0. The van der Waals surface area contributed by atoms with Crippen LogP contribution in [-0.4, -0.2) is 14.8 Å². The normalized spacial score (nSPS) is 11.1. The molecule has 0 amide bonds. The number of hydrogen-bond acceptors (Lipinski definition) is 3. The SMILES string of the molecule is CCCCCCCCCCCCCCn1cc(O)c(=O)c(O)c1C. The summed E-state index contributed by atoms with van der Waals surface area (Å²) in [4.78, 5) is 11.4. The van der Waals surface area contributed by atoms with E-state index in [-0.39, 0.29) is 11.5 Å². The zero-order valence-electron chi connectivity index (χ0n) is 15.5. The van der Waals surface area contributed by atoms with E-state index in [9.17, 15) is 15.0 Å². The predicted molar refractivity (Wildman–Crippen MR) is 99.8 cm³/mol. The molecular weight excluding hydrogens is 302 g/mol. The van der Waals surface area contributed by atoms with Gasteiger partial charge in [-0.05, 0) is 13.3 Å². The molecule has 0 aliphatic rings. The van der Waals surface area contributed by atoms with Crippen LogP contribution in [0.25, 0.3) is 0 Å². The highest BCUT2D eigenvalue weighted by molar-refractivity contribution is 5.33. The van der Waals surface area contributed by atoms with Gasteiger partial charge in [-0.3, -0.25) is 4.79 Å². The fourth-order valence-corrected chi connectivity index (χ4v) is 3.08. The molecule has 1 rings (SSSR count). The maximum atomic E-state index is 11.4. The molecule has 0 radical (unpaired) electrons. The van der Waals surface area contributed by atoms with Gasteiger partial charge >= 0.3 is 0 Å². The van der Waals surface area contributed by atoms with Gasteiger partial charge in [0, 0.05) is 6.54 Å². The lowest BCUT2D eigenvalue weighted by molar-refractivity contribution is 0.417. The first kappa shape index (κ1) is 20.6. The van der Waals surface area contributed by atoms with Crippen molar-refractivity contribution in [2.75, 3.05) is 0 Å². The van der Waals surface area contributed by atoms with Gasteiger partial charge in [0.25, 0.3) is 5.43 Å². The Morgan fingerprint density at radius 3 is 1.79 bits per heavy atom. The van der Waals surface area contributed by atoms with E-state index in [0.717, 1.165) is 19.4 Å². The molecule has 0 aromatic carbocycles. The molecule has 0 unspecified atom stereocenters. The van der Waals surface area contributed by atoms with Gasteiger partial charge < -0.3 is 14.8 Å². The minimum absolute atomic E-state index is 0.339. The summed E-state index contributed by atoms with van der Waals surface area (Å²) in [7, 11) is 0. The lowest BCUT2D eigenvalue weighted by Gasteiger charge is -2.12. The van der Waals surface area contributed by atoms with Crippen LogP contribution in [0.2, 0.25) is 0 Å². The van der Waals surface area contributed by atoms with Gasteiger partial charge in [0.2, 0.25) is 0 Å². The van der Waals surface area contributed by atoms with E-state index in [1.54, 1.807) is 11.5 Å². The number of nitrogens with zero attached hydrogens (tertiary/aromatic N) is 1. The van der Waals surface area contributed by atoms with Crippen molar-refractivity contribution < 1.29 is 10.2 Å². The van der Waals surface area contributed by atoms with Crippen LogP contribution < -0.4 is 5.43 Å². The Kier molecular flexibility index (Phi) is 10.3. The third-order valence-electron chi connectivity index (χ3n) is 4.75. The van der Waals surface area contributed by atoms with Crippen molar-refractivity contribution in [3.63, 3.8) is 0 Å². The number of unbranched alkanes of at least 4 members (excludes halogenated alkanes) is 11. The number of rotatable bonds is 13. The Balaban J connectivity index is 2.06. The van der Waals surface area contributed by atoms with Crippen LogP contribution in [0.15, 0.2) is 11.0 Å². The maximum Gasteiger partial charge on any atom is 0.264 e. The highest BCUT2D eigenvalue weighted by Crippen LogP contribution is 2.17. The molecule has 0 fully saturated rings. The van der Waals surface area contributed by atoms with E-state index in [1.165, 1.54) is 70.4 Å². The third kappa shape index (κ3) is 7.41. The van der Waals surface area contributed by atoms with E-state index >= 15 is 0 Å². The zero-order valence-corrected chi connectivity index (χ0v) is 15.5. The predicted octanol–water partition coefficient (Wildman–Crippen LogP) is 5.27. The molecule has 4 nitrogen and oxygen atoms in total. The first-order valence-electron chi connectivity index (χ1n) is 9.70.